The maximum atomic E-state index is 0. The third-order valence-electron chi connectivity index (χ3n) is 0. The van der Waals surface area contributed by atoms with Gasteiger partial charge in [0.15, 0.2) is 0 Å². The first kappa shape index (κ1) is 729. The maximum absolute atomic E-state index is 0. The van der Waals surface area contributed by atoms with Gasteiger partial charge in [-0.25, -0.2) is 0 Å². The van der Waals surface area contributed by atoms with Crippen molar-refractivity contribution in [1.29, 1.82) is 0 Å². The summed E-state index contributed by atoms with van der Waals surface area (Å²) in [5.41, 5.74) is 0. The Morgan fingerprint density at radius 1 is 0.400 bits per heavy atom. The number of rotatable bonds is 0. The molecule has 10 heavy (non-hydrogen) atoms. The van der Waals surface area contributed by atoms with E-state index >= 15 is 0 Å². The van der Waals surface area contributed by atoms with E-state index in [0.29, 0.717) is 0 Å². The van der Waals surface area contributed by atoms with E-state index in [4.69, 9.17) is 0 Å². The van der Waals surface area contributed by atoms with Gasteiger partial charge in [0.1, 0.15) is 0 Å². The van der Waals surface area contributed by atoms with Crippen molar-refractivity contribution in [1.82, 2.24) is 0 Å². The molecule has 0 bridgehead atoms. The van der Waals surface area contributed by atoms with Crippen molar-refractivity contribution in [2.75, 3.05) is 0 Å². The Labute approximate surface area is 89.5 Å². The molecular formula is H12Cr2NiO7. The van der Waals surface area contributed by atoms with Gasteiger partial charge >= 0.3 is 16.5 Å². The first-order valence-electron chi connectivity index (χ1n) is 0. The van der Waals surface area contributed by atoms with E-state index in [-0.39, 0.29) is 89.5 Å². The normalized spacial score (nSPS) is 0. The van der Waals surface area contributed by atoms with E-state index in [1.54, 1.807) is 0 Å². The third kappa shape index (κ3) is 389. The zero-order valence-electron chi connectivity index (χ0n) is 4.53. The zero-order valence-corrected chi connectivity index (χ0v) is 8.06. The third-order valence-corrected chi connectivity index (χ3v) is 0. The van der Waals surface area contributed by atoms with Gasteiger partial charge < -0.3 is 38.3 Å². The molecule has 0 amide bonds. The monoisotopic (exact) mass is 286 g/mol. The fourth-order valence-electron chi connectivity index (χ4n) is 0. The van der Waals surface area contributed by atoms with E-state index in [2.05, 4.69) is 0 Å². The van der Waals surface area contributed by atoms with Gasteiger partial charge in [0, 0.05) is 34.7 Å². The van der Waals surface area contributed by atoms with Crippen LogP contribution in [0.25, 0.3) is 0 Å². The van der Waals surface area contributed by atoms with Crippen LogP contribution in [-0.4, -0.2) is 38.3 Å². The zero-order chi connectivity index (χ0) is 0. The quantitative estimate of drug-likeness (QED) is 0.402. The molecule has 0 atom stereocenters. The summed E-state index contributed by atoms with van der Waals surface area (Å²) in [5, 5.41) is 0. The van der Waals surface area contributed by atoms with Crippen LogP contribution in [-0.2, 0) is 51.2 Å². The van der Waals surface area contributed by atoms with E-state index in [0.717, 1.165) is 0 Å². The average molecular weight is 287 g/mol. The van der Waals surface area contributed by atoms with Gasteiger partial charge in [-0.15, -0.1) is 0 Å². The molecule has 0 saturated carbocycles. The molecule has 0 aromatic carbocycles. The van der Waals surface area contributed by atoms with Crippen molar-refractivity contribution in [3.05, 3.63) is 0 Å². The van der Waals surface area contributed by atoms with Crippen LogP contribution in [0.15, 0.2) is 0 Å². The smallest absolute Gasteiger partial charge is 0.870 e. The summed E-state index contributed by atoms with van der Waals surface area (Å²) in [7, 11) is 0. The molecular weight excluding hydrogens is 275 g/mol. The van der Waals surface area contributed by atoms with E-state index < -0.39 is 0 Å². The molecule has 0 heterocycles. The molecule has 0 aromatic heterocycles. The van der Waals surface area contributed by atoms with Gasteiger partial charge in [0.25, 0.3) is 0 Å². The van der Waals surface area contributed by atoms with Crippen molar-refractivity contribution in [3.8, 4) is 0 Å². The van der Waals surface area contributed by atoms with Crippen molar-refractivity contribution < 1.29 is 89.5 Å². The molecule has 0 aliphatic heterocycles. The topological polar surface area (TPSA) is 218 Å². The molecule has 0 rings (SSSR count). The number of hydrogen-bond acceptors (Lipinski definition) is 2. The molecule has 0 radical (unpaired) electrons. The van der Waals surface area contributed by atoms with Crippen LogP contribution in [0.4, 0.5) is 0 Å². The number of hydrogen-bond donors (Lipinski definition) is 0. The first-order chi connectivity index (χ1) is 0. The standard InChI is InChI=1S/2Cr.Ni.7H2O/h;;;7*1H2/q;;+2;;;;;;;/p-2. The van der Waals surface area contributed by atoms with Gasteiger partial charge in [0.2, 0.25) is 0 Å². The molecule has 0 aliphatic carbocycles. The first-order valence-corrected chi connectivity index (χ1v) is 0. The molecule has 0 aromatic rings. The summed E-state index contributed by atoms with van der Waals surface area (Å²) >= 11 is 0. The van der Waals surface area contributed by atoms with Crippen LogP contribution in [0.3, 0.4) is 0 Å². The average Bonchev–Trinajstić information content (AvgIpc) is 0. The SMILES string of the molecule is O.O.O.O.O.[Cr].[Cr].[Ni+2].[OH-].[OH-]. The van der Waals surface area contributed by atoms with Crippen LogP contribution < -0.4 is 0 Å². The molecule has 0 saturated heterocycles. The van der Waals surface area contributed by atoms with Crippen LogP contribution in [0.5, 0.6) is 0 Å². The van der Waals surface area contributed by atoms with Gasteiger partial charge in [-0.05, 0) is 0 Å². The Balaban J connectivity index is 0. The molecule has 0 spiro atoms. The molecule has 0 aliphatic rings. The van der Waals surface area contributed by atoms with E-state index in [9.17, 15) is 0 Å². The van der Waals surface area contributed by atoms with Crippen molar-refractivity contribution in [3.63, 3.8) is 0 Å². The van der Waals surface area contributed by atoms with E-state index in [1.807, 2.05) is 0 Å². The van der Waals surface area contributed by atoms with Crippen molar-refractivity contribution in [2.24, 2.45) is 0 Å². The minimum atomic E-state index is 0. The Kier molecular flexibility index (Phi) is 39500. The summed E-state index contributed by atoms with van der Waals surface area (Å²) in [5.74, 6) is 0. The summed E-state index contributed by atoms with van der Waals surface area (Å²) < 4.78 is 0. The summed E-state index contributed by atoms with van der Waals surface area (Å²) in [6.45, 7) is 0. The Morgan fingerprint density at radius 3 is 0.400 bits per heavy atom. The molecule has 10 heteroatoms. The van der Waals surface area contributed by atoms with Crippen LogP contribution in [0.1, 0.15) is 0 Å². The van der Waals surface area contributed by atoms with Crippen LogP contribution in [0, 0.1) is 0 Å². The fraction of sp³-hybridized carbons (Fsp3) is 0. The Bertz CT molecular complexity index is 11.6. The van der Waals surface area contributed by atoms with Gasteiger partial charge in [-0.2, -0.15) is 0 Å². The van der Waals surface area contributed by atoms with Gasteiger partial charge in [-0.1, -0.05) is 0 Å². The molecule has 76 valence electrons. The molecule has 0 fully saturated rings. The predicted octanol–water partition coefficient (Wildman–Crippen LogP) is -4.48. The Morgan fingerprint density at radius 2 is 0.400 bits per heavy atom. The summed E-state index contributed by atoms with van der Waals surface area (Å²) in [6.07, 6.45) is 0. The largest absolute Gasteiger partial charge is 2.00 e. The Hall–Kier alpha value is 1.28. The van der Waals surface area contributed by atoms with Crippen molar-refractivity contribution >= 4 is 0 Å². The summed E-state index contributed by atoms with van der Waals surface area (Å²) in [6, 6.07) is 0. The molecule has 7 nitrogen and oxygen atoms in total. The minimum Gasteiger partial charge on any atom is -0.870 e. The van der Waals surface area contributed by atoms with Crippen LogP contribution >= 0.6 is 0 Å². The van der Waals surface area contributed by atoms with Gasteiger partial charge in [-0.3, -0.25) is 0 Å². The minimum absolute atomic E-state index is 0. The van der Waals surface area contributed by atoms with Crippen LogP contribution in [0.2, 0.25) is 0 Å². The summed E-state index contributed by atoms with van der Waals surface area (Å²) in [4.78, 5) is 0. The predicted molar refractivity (Wildman–Crippen MR) is 21.9 cm³/mol. The second-order valence-electron chi connectivity index (χ2n) is 0. The fourth-order valence-corrected chi connectivity index (χ4v) is 0. The second-order valence-corrected chi connectivity index (χ2v) is 0. The van der Waals surface area contributed by atoms with Crippen molar-refractivity contribution in [2.45, 2.75) is 0 Å². The molecule has 0 unspecified atom stereocenters. The molecule has 12 N–H and O–H groups in total. The van der Waals surface area contributed by atoms with Gasteiger partial charge in [0.05, 0.1) is 0 Å². The second kappa shape index (κ2) is 541. The van der Waals surface area contributed by atoms with E-state index in [1.165, 1.54) is 0 Å². The maximum Gasteiger partial charge on any atom is 2.00 e.